The molecule has 170 valence electrons. The van der Waals surface area contributed by atoms with Crippen LogP contribution in [0.4, 0.5) is 0 Å². The van der Waals surface area contributed by atoms with Gasteiger partial charge in [0.2, 0.25) is 0 Å². The van der Waals surface area contributed by atoms with Crippen molar-refractivity contribution in [3.8, 4) is 33.7 Å². The second kappa shape index (κ2) is 8.11. The Hall–Kier alpha value is -4.98. The number of pyridine rings is 1. The summed E-state index contributed by atoms with van der Waals surface area (Å²) in [7, 11) is 1.63. The molecule has 0 aliphatic carbocycles. The van der Waals surface area contributed by atoms with E-state index in [2.05, 4.69) is 16.4 Å². The third-order valence-electron chi connectivity index (χ3n) is 6.02. The highest BCUT2D eigenvalue weighted by Crippen LogP contribution is 2.35. The number of carboxylic acids is 1. The highest BCUT2D eigenvalue weighted by Gasteiger charge is 2.16. The molecule has 35 heavy (non-hydrogen) atoms. The SMILES string of the molecule is COc1ccc(-n2cc(-c3ccc(C(=O)O)cc3)c3cc(-c4ccc5nonc5c4)cnc32)cc1. The van der Waals surface area contributed by atoms with Crippen molar-refractivity contribution in [2.24, 2.45) is 0 Å². The maximum Gasteiger partial charge on any atom is 0.335 e. The maximum atomic E-state index is 11.3. The Morgan fingerprint density at radius 2 is 1.63 bits per heavy atom. The average Bonchev–Trinajstić information content (AvgIpc) is 3.53. The third-order valence-corrected chi connectivity index (χ3v) is 6.02. The fraction of sp³-hybridized carbons (Fsp3) is 0.0370. The van der Waals surface area contributed by atoms with Crippen LogP contribution in [0.15, 0.2) is 89.8 Å². The number of aromatic nitrogens is 4. The number of carboxylic acid groups (broad SMARTS) is 1. The molecule has 6 rings (SSSR count). The van der Waals surface area contributed by atoms with E-state index in [9.17, 15) is 9.90 Å². The molecular weight excluding hydrogens is 444 g/mol. The quantitative estimate of drug-likeness (QED) is 0.355. The van der Waals surface area contributed by atoms with Crippen molar-refractivity contribution in [3.05, 3.63) is 90.8 Å². The number of methoxy groups -OCH3 is 1. The van der Waals surface area contributed by atoms with E-state index >= 15 is 0 Å². The Morgan fingerprint density at radius 3 is 2.37 bits per heavy atom. The average molecular weight is 462 g/mol. The molecule has 0 radical (unpaired) electrons. The summed E-state index contributed by atoms with van der Waals surface area (Å²) in [5.74, 6) is -0.193. The maximum absolute atomic E-state index is 11.3. The van der Waals surface area contributed by atoms with Crippen molar-refractivity contribution in [1.82, 2.24) is 19.9 Å². The molecule has 3 aromatic heterocycles. The van der Waals surface area contributed by atoms with Crippen LogP contribution in [-0.4, -0.2) is 38.1 Å². The van der Waals surface area contributed by atoms with Crippen LogP contribution in [0.2, 0.25) is 0 Å². The monoisotopic (exact) mass is 462 g/mol. The molecule has 6 aromatic rings. The summed E-state index contributed by atoms with van der Waals surface area (Å²) in [6, 6.07) is 22.4. The summed E-state index contributed by atoms with van der Waals surface area (Å²) >= 11 is 0. The second-order valence-electron chi connectivity index (χ2n) is 8.06. The minimum absolute atomic E-state index is 0.237. The topological polar surface area (TPSA) is 103 Å². The summed E-state index contributed by atoms with van der Waals surface area (Å²) < 4.78 is 12.1. The van der Waals surface area contributed by atoms with Gasteiger partial charge in [0, 0.05) is 34.6 Å². The molecule has 0 saturated heterocycles. The standard InChI is InChI=1S/C27H18N4O4/c1-34-21-9-7-20(8-10-21)31-15-23(16-2-4-17(5-3-16)27(32)33)22-12-19(14-28-26(22)31)18-6-11-24-25(13-18)30-35-29-24/h2-15H,1H3,(H,32,33). The van der Waals surface area contributed by atoms with Gasteiger partial charge >= 0.3 is 5.97 Å². The van der Waals surface area contributed by atoms with Gasteiger partial charge < -0.3 is 14.4 Å². The summed E-state index contributed by atoms with van der Waals surface area (Å²) in [5.41, 5.74) is 6.98. The molecule has 3 aromatic carbocycles. The van der Waals surface area contributed by atoms with Gasteiger partial charge in [0.25, 0.3) is 0 Å². The lowest BCUT2D eigenvalue weighted by molar-refractivity contribution is 0.0697. The highest BCUT2D eigenvalue weighted by molar-refractivity contribution is 5.98. The van der Waals surface area contributed by atoms with E-state index < -0.39 is 5.97 Å². The minimum Gasteiger partial charge on any atom is -0.497 e. The summed E-state index contributed by atoms with van der Waals surface area (Å²) in [4.78, 5) is 16.2. The van der Waals surface area contributed by atoms with E-state index in [0.29, 0.717) is 11.0 Å². The van der Waals surface area contributed by atoms with Gasteiger partial charge in [-0.3, -0.25) is 0 Å². The summed E-state index contributed by atoms with van der Waals surface area (Å²) in [6.07, 6.45) is 3.85. The molecule has 1 N–H and O–H groups in total. The molecule has 8 nitrogen and oxygen atoms in total. The lowest BCUT2D eigenvalue weighted by Gasteiger charge is -2.07. The highest BCUT2D eigenvalue weighted by atomic mass is 16.6. The van der Waals surface area contributed by atoms with E-state index in [1.54, 1.807) is 19.2 Å². The lowest BCUT2D eigenvalue weighted by Crippen LogP contribution is -1.94. The zero-order valence-corrected chi connectivity index (χ0v) is 18.5. The van der Waals surface area contributed by atoms with Crippen molar-refractivity contribution < 1.29 is 19.3 Å². The number of ether oxygens (including phenoxy) is 1. The van der Waals surface area contributed by atoms with Gasteiger partial charge in [-0.05, 0) is 76.0 Å². The molecular formula is C27H18N4O4. The molecule has 0 amide bonds. The van der Waals surface area contributed by atoms with Gasteiger partial charge in [-0.1, -0.05) is 18.2 Å². The number of nitrogens with zero attached hydrogens (tertiary/aromatic N) is 4. The fourth-order valence-electron chi connectivity index (χ4n) is 4.19. The number of hydrogen-bond donors (Lipinski definition) is 1. The molecule has 0 aliphatic rings. The predicted molar refractivity (Wildman–Crippen MR) is 131 cm³/mol. The third kappa shape index (κ3) is 3.57. The van der Waals surface area contributed by atoms with Crippen LogP contribution in [0.5, 0.6) is 5.75 Å². The van der Waals surface area contributed by atoms with Gasteiger partial charge in [0.1, 0.15) is 22.4 Å². The lowest BCUT2D eigenvalue weighted by atomic mass is 10.0. The Kier molecular flexibility index (Phi) is 4.77. The van der Waals surface area contributed by atoms with E-state index in [4.69, 9.17) is 14.3 Å². The van der Waals surface area contributed by atoms with Gasteiger partial charge in [-0.15, -0.1) is 0 Å². The summed E-state index contributed by atoms with van der Waals surface area (Å²) in [6.45, 7) is 0. The predicted octanol–water partition coefficient (Wildman–Crippen LogP) is 5.60. The molecule has 0 unspecified atom stereocenters. The van der Waals surface area contributed by atoms with Crippen LogP contribution < -0.4 is 4.74 Å². The number of benzene rings is 3. The van der Waals surface area contributed by atoms with Crippen LogP contribution in [0.25, 0.3) is 50.0 Å². The van der Waals surface area contributed by atoms with Gasteiger partial charge in [-0.25, -0.2) is 14.4 Å². The van der Waals surface area contributed by atoms with Crippen LogP contribution >= 0.6 is 0 Å². The van der Waals surface area contributed by atoms with Crippen molar-refractivity contribution in [2.45, 2.75) is 0 Å². The van der Waals surface area contributed by atoms with Crippen molar-refractivity contribution in [3.63, 3.8) is 0 Å². The first kappa shape index (κ1) is 20.6. The summed E-state index contributed by atoms with van der Waals surface area (Å²) in [5, 5.41) is 18.0. The largest absolute Gasteiger partial charge is 0.497 e. The molecule has 0 aliphatic heterocycles. The Labute approximate surface area is 199 Å². The Bertz CT molecular complexity index is 1700. The zero-order chi connectivity index (χ0) is 23.9. The normalized spacial score (nSPS) is 11.2. The number of carbonyl (C=O) groups is 1. The molecule has 0 fully saturated rings. The van der Waals surface area contributed by atoms with E-state index in [-0.39, 0.29) is 5.56 Å². The van der Waals surface area contributed by atoms with Crippen LogP contribution in [0.1, 0.15) is 10.4 Å². The van der Waals surface area contributed by atoms with Crippen LogP contribution in [-0.2, 0) is 0 Å². The van der Waals surface area contributed by atoms with E-state index in [1.807, 2.05) is 71.6 Å². The van der Waals surface area contributed by atoms with Crippen LogP contribution in [0, 0.1) is 0 Å². The number of rotatable bonds is 5. The van der Waals surface area contributed by atoms with Gasteiger partial charge in [0.05, 0.1) is 12.7 Å². The Balaban J connectivity index is 1.55. The van der Waals surface area contributed by atoms with E-state index in [1.165, 1.54) is 0 Å². The van der Waals surface area contributed by atoms with Gasteiger partial charge in [-0.2, -0.15) is 0 Å². The first-order valence-electron chi connectivity index (χ1n) is 10.8. The van der Waals surface area contributed by atoms with Crippen molar-refractivity contribution >= 4 is 28.0 Å². The van der Waals surface area contributed by atoms with Crippen molar-refractivity contribution in [2.75, 3.05) is 7.11 Å². The molecule has 0 saturated carbocycles. The number of hydrogen-bond acceptors (Lipinski definition) is 6. The molecule has 8 heteroatoms. The fourth-order valence-corrected chi connectivity index (χ4v) is 4.19. The number of fused-ring (bicyclic) bond motifs is 2. The Morgan fingerprint density at radius 1 is 0.886 bits per heavy atom. The molecule has 0 bridgehead atoms. The smallest absolute Gasteiger partial charge is 0.335 e. The number of aromatic carboxylic acids is 1. The molecule has 0 spiro atoms. The van der Waals surface area contributed by atoms with Crippen molar-refractivity contribution in [1.29, 1.82) is 0 Å². The molecule has 3 heterocycles. The first-order valence-corrected chi connectivity index (χ1v) is 10.8. The second-order valence-corrected chi connectivity index (χ2v) is 8.06. The zero-order valence-electron chi connectivity index (χ0n) is 18.5. The first-order chi connectivity index (χ1) is 17.1. The van der Waals surface area contributed by atoms with E-state index in [0.717, 1.165) is 44.7 Å². The molecule has 0 atom stereocenters. The van der Waals surface area contributed by atoms with Crippen LogP contribution in [0.3, 0.4) is 0 Å². The minimum atomic E-state index is -0.959. The van der Waals surface area contributed by atoms with Gasteiger partial charge in [0.15, 0.2) is 0 Å².